The van der Waals surface area contributed by atoms with E-state index in [0.29, 0.717) is 19.0 Å². The molecule has 0 aliphatic carbocycles. The van der Waals surface area contributed by atoms with Crippen molar-refractivity contribution < 1.29 is 12.8 Å². The van der Waals surface area contributed by atoms with Crippen LogP contribution in [0.5, 0.6) is 0 Å². The summed E-state index contributed by atoms with van der Waals surface area (Å²) in [5.74, 6) is -0.200. The highest BCUT2D eigenvalue weighted by molar-refractivity contribution is 7.90. The first-order chi connectivity index (χ1) is 8.88. The Labute approximate surface area is 112 Å². The van der Waals surface area contributed by atoms with Gasteiger partial charge in [-0.2, -0.15) is 12.7 Å². The van der Waals surface area contributed by atoms with E-state index in [1.54, 1.807) is 0 Å². The average Bonchev–Trinajstić information content (AvgIpc) is 2.33. The third kappa shape index (κ3) is 3.36. The molecule has 7 heteroatoms. The number of rotatable bonds is 3. The lowest BCUT2D eigenvalue weighted by atomic mass is 10.0. The molecule has 1 heterocycles. The van der Waals surface area contributed by atoms with Gasteiger partial charge >= 0.3 is 10.2 Å². The first-order valence-electron chi connectivity index (χ1n) is 6.21. The topological polar surface area (TPSA) is 75.4 Å². The van der Waals surface area contributed by atoms with Crippen molar-refractivity contribution in [2.24, 2.45) is 5.92 Å². The molecular weight excluding hydrogens is 269 g/mol. The second-order valence-corrected chi connectivity index (χ2v) is 6.61. The Morgan fingerprint density at radius 3 is 2.89 bits per heavy atom. The lowest BCUT2D eigenvalue weighted by Crippen LogP contribution is -2.42. The summed E-state index contributed by atoms with van der Waals surface area (Å²) < 4.78 is 41.3. The molecule has 0 amide bonds. The van der Waals surface area contributed by atoms with Crippen LogP contribution in [0.4, 0.5) is 15.8 Å². The standard InChI is InChI=1S/C12H18FN3O2S/c1-9-3-2-6-16(8-9)19(17,18)15-12-7-10(13)4-5-11(12)14/h4-5,7,9,15H,2-3,6,8,14H2,1H3. The summed E-state index contributed by atoms with van der Waals surface area (Å²) in [6, 6.07) is 3.61. The highest BCUT2D eigenvalue weighted by Crippen LogP contribution is 2.24. The number of halogens is 1. The summed E-state index contributed by atoms with van der Waals surface area (Å²) in [6.45, 7) is 2.97. The molecule has 0 aromatic heterocycles. The average molecular weight is 287 g/mol. The van der Waals surface area contributed by atoms with Crippen molar-refractivity contribution in [3.05, 3.63) is 24.0 Å². The van der Waals surface area contributed by atoms with Crippen LogP contribution in [0.25, 0.3) is 0 Å². The molecule has 1 unspecified atom stereocenters. The van der Waals surface area contributed by atoms with E-state index in [9.17, 15) is 12.8 Å². The van der Waals surface area contributed by atoms with Crippen molar-refractivity contribution >= 4 is 21.6 Å². The van der Waals surface area contributed by atoms with Crippen LogP contribution in [0, 0.1) is 11.7 Å². The van der Waals surface area contributed by atoms with Gasteiger partial charge in [0.1, 0.15) is 5.82 Å². The molecule has 1 aliphatic heterocycles. The van der Waals surface area contributed by atoms with Crippen LogP contribution in [-0.4, -0.2) is 25.8 Å². The molecule has 0 bridgehead atoms. The minimum atomic E-state index is -3.67. The zero-order valence-corrected chi connectivity index (χ0v) is 11.6. The smallest absolute Gasteiger partial charge is 0.301 e. The van der Waals surface area contributed by atoms with Crippen LogP contribution in [0.15, 0.2) is 18.2 Å². The van der Waals surface area contributed by atoms with Crippen molar-refractivity contribution in [3.8, 4) is 0 Å². The van der Waals surface area contributed by atoms with Crippen LogP contribution >= 0.6 is 0 Å². The number of nitrogen functional groups attached to an aromatic ring is 1. The number of nitrogens with one attached hydrogen (secondary N) is 1. The van der Waals surface area contributed by atoms with Gasteiger partial charge in [0.2, 0.25) is 0 Å². The predicted molar refractivity (Wildman–Crippen MR) is 73.3 cm³/mol. The largest absolute Gasteiger partial charge is 0.397 e. The first-order valence-corrected chi connectivity index (χ1v) is 7.65. The second-order valence-electron chi connectivity index (χ2n) is 4.94. The monoisotopic (exact) mass is 287 g/mol. The van der Waals surface area contributed by atoms with Crippen LogP contribution in [0.2, 0.25) is 0 Å². The van der Waals surface area contributed by atoms with Crippen molar-refractivity contribution in [3.63, 3.8) is 0 Å². The number of piperidine rings is 1. The molecule has 1 aliphatic rings. The van der Waals surface area contributed by atoms with Crippen LogP contribution in [0.1, 0.15) is 19.8 Å². The van der Waals surface area contributed by atoms with E-state index >= 15 is 0 Å². The van der Waals surface area contributed by atoms with E-state index in [1.165, 1.54) is 16.4 Å². The highest BCUT2D eigenvalue weighted by Gasteiger charge is 2.27. The Kier molecular flexibility index (Phi) is 3.96. The predicted octanol–water partition coefficient (Wildman–Crippen LogP) is 1.80. The molecule has 106 valence electrons. The van der Waals surface area contributed by atoms with Gasteiger partial charge in [-0.05, 0) is 30.9 Å². The van der Waals surface area contributed by atoms with E-state index in [1.807, 2.05) is 6.92 Å². The maximum atomic E-state index is 13.1. The van der Waals surface area contributed by atoms with E-state index in [4.69, 9.17) is 5.73 Å². The first kappa shape index (κ1) is 14.1. The molecule has 5 nitrogen and oxygen atoms in total. The van der Waals surface area contributed by atoms with Gasteiger partial charge in [0.15, 0.2) is 0 Å². The molecule has 19 heavy (non-hydrogen) atoms. The lowest BCUT2D eigenvalue weighted by molar-refractivity contribution is 0.282. The highest BCUT2D eigenvalue weighted by atomic mass is 32.2. The number of nitrogens with zero attached hydrogens (tertiary/aromatic N) is 1. The fourth-order valence-electron chi connectivity index (χ4n) is 2.19. The van der Waals surface area contributed by atoms with E-state index < -0.39 is 16.0 Å². The van der Waals surface area contributed by atoms with Gasteiger partial charge < -0.3 is 5.73 Å². The van der Waals surface area contributed by atoms with Gasteiger partial charge in [-0.25, -0.2) is 4.39 Å². The minimum absolute atomic E-state index is 0.0817. The number of benzene rings is 1. The Bertz CT molecular complexity index is 562. The summed E-state index contributed by atoms with van der Waals surface area (Å²) in [5.41, 5.74) is 5.93. The summed E-state index contributed by atoms with van der Waals surface area (Å²) in [5, 5.41) is 0. The maximum Gasteiger partial charge on any atom is 0.301 e. The number of hydrogen-bond acceptors (Lipinski definition) is 3. The lowest BCUT2D eigenvalue weighted by Gasteiger charge is -2.30. The Hall–Kier alpha value is -1.34. The van der Waals surface area contributed by atoms with E-state index in [-0.39, 0.29) is 11.4 Å². The van der Waals surface area contributed by atoms with Crippen LogP contribution in [-0.2, 0) is 10.2 Å². The molecular formula is C12H18FN3O2S. The van der Waals surface area contributed by atoms with Crippen LogP contribution in [0.3, 0.4) is 0 Å². The molecule has 1 aromatic rings. The summed E-state index contributed by atoms with van der Waals surface area (Å²) in [4.78, 5) is 0. The maximum absolute atomic E-state index is 13.1. The molecule has 0 saturated carbocycles. The van der Waals surface area contributed by atoms with E-state index in [2.05, 4.69) is 4.72 Å². The molecule has 3 N–H and O–H groups in total. The summed E-state index contributed by atoms with van der Waals surface area (Å²) >= 11 is 0. The van der Waals surface area contributed by atoms with Crippen LogP contribution < -0.4 is 10.5 Å². The van der Waals surface area contributed by atoms with Gasteiger partial charge in [0.05, 0.1) is 11.4 Å². The fourth-order valence-corrected chi connectivity index (χ4v) is 3.59. The fraction of sp³-hybridized carbons (Fsp3) is 0.500. The third-order valence-corrected chi connectivity index (χ3v) is 4.70. The molecule has 1 saturated heterocycles. The van der Waals surface area contributed by atoms with Crippen molar-refractivity contribution in [1.29, 1.82) is 0 Å². The Morgan fingerprint density at radius 2 is 2.21 bits per heavy atom. The van der Waals surface area contributed by atoms with Gasteiger partial charge in [-0.15, -0.1) is 0 Å². The number of nitrogens with two attached hydrogens (primary N) is 1. The second kappa shape index (κ2) is 5.34. The molecule has 1 fully saturated rings. The Morgan fingerprint density at radius 1 is 1.47 bits per heavy atom. The summed E-state index contributed by atoms with van der Waals surface area (Å²) in [6.07, 6.45) is 1.86. The summed E-state index contributed by atoms with van der Waals surface area (Å²) in [7, 11) is -3.67. The minimum Gasteiger partial charge on any atom is -0.397 e. The van der Waals surface area contributed by atoms with Gasteiger partial charge in [-0.1, -0.05) is 6.92 Å². The molecule has 2 rings (SSSR count). The zero-order valence-electron chi connectivity index (χ0n) is 10.8. The van der Waals surface area contributed by atoms with Gasteiger partial charge in [-0.3, -0.25) is 4.72 Å². The SMILES string of the molecule is CC1CCCN(S(=O)(=O)Nc2cc(F)ccc2N)C1. The Balaban J connectivity index is 2.18. The van der Waals surface area contributed by atoms with Gasteiger partial charge in [0.25, 0.3) is 0 Å². The number of anilines is 2. The molecule has 1 atom stereocenters. The number of hydrogen-bond donors (Lipinski definition) is 2. The molecule has 1 aromatic carbocycles. The van der Waals surface area contributed by atoms with Gasteiger partial charge in [0, 0.05) is 19.2 Å². The molecule has 0 spiro atoms. The van der Waals surface area contributed by atoms with E-state index in [0.717, 1.165) is 18.9 Å². The normalized spacial score (nSPS) is 21.3. The zero-order chi connectivity index (χ0) is 14.0. The van der Waals surface area contributed by atoms with Crippen molar-refractivity contribution in [2.75, 3.05) is 23.5 Å². The van der Waals surface area contributed by atoms with Crippen molar-refractivity contribution in [2.45, 2.75) is 19.8 Å². The molecule has 0 radical (unpaired) electrons. The quantitative estimate of drug-likeness (QED) is 0.832. The van der Waals surface area contributed by atoms with Crippen molar-refractivity contribution in [1.82, 2.24) is 4.31 Å². The third-order valence-electron chi connectivity index (χ3n) is 3.21.